The van der Waals surface area contributed by atoms with Crippen molar-refractivity contribution in [3.8, 4) is 0 Å². The van der Waals surface area contributed by atoms with Crippen LogP contribution in [0, 0.1) is 12.8 Å². The molecule has 5 nitrogen and oxygen atoms in total. The van der Waals surface area contributed by atoms with E-state index in [9.17, 15) is 0 Å². The molecule has 22 heavy (non-hydrogen) atoms. The van der Waals surface area contributed by atoms with Gasteiger partial charge in [-0.25, -0.2) is 4.98 Å². The van der Waals surface area contributed by atoms with E-state index in [0.29, 0.717) is 5.92 Å². The summed E-state index contributed by atoms with van der Waals surface area (Å²) in [4.78, 5) is 12.8. The Morgan fingerprint density at radius 3 is 3.09 bits per heavy atom. The first kappa shape index (κ1) is 17.2. The number of rotatable bonds is 7. The van der Waals surface area contributed by atoms with Crippen molar-refractivity contribution in [1.29, 1.82) is 0 Å². The van der Waals surface area contributed by atoms with Gasteiger partial charge in [0.15, 0.2) is 5.96 Å². The van der Waals surface area contributed by atoms with Crippen LogP contribution in [0.25, 0.3) is 0 Å². The van der Waals surface area contributed by atoms with E-state index in [4.69, 9.17) is 9.73 Å². The standard InChI is InChI=1S/C16H28N4OS/c1-4-17-16(18-8-6-15-19-10-13(3)22-15)20-9-7-14(11-20)12-21-5-2/h10,14H,4-9,11-12H2,1-3H3,(H,17,18). The van der Waals surface area contributed by atoms with Crippen LogP contribution >= 0.6 is 11.3 Å². The molecule has 0 aliphatic carbocycles. The predicted molar refractivity (Wildman–Crippen MR) is 92.7 cm³/mol. The molecule has 0 radical (unpaired) electrons. The molecule has 0 spiro atoms. The Morgan fingerprint density at radius 1 is 1.55 bits per heavy atom. The van der Waals surface area contributed by atoms with Crippen molar-refractivity contribution in [3.05, 3.63) is 16.1 Å². The van der Waals surface area contributed by atoms with Crippen LogP contribution in [0.15, 0.2) is 11.2 Å². The number of nitrogens with one attached hydrogen (secondary N) is 1. The molecule has 0 saturated carbocycles. The molecule has 1 aliphatic heterocycles. The number of aryl methyl sites for hydroxylation is 1. The molecule has 1 atom stereocenters. The second kappa shape index (κ2) is 9.10. The Balaban J connectivity index is 1.84. The summed E-state index contributed by atoms with van der Waals surface area (Å²) in [5.41, 5.74) is 0. The third-order valence-electron chi connectivity index (χ3n) is 3.73. The molecule has 1 aromatic rings. The van der Waals surface area contributed by atoms with E-state index in [1.807, 2.05) is 6.20 Å². The lowest BCUT2D eigenvalue weighted by Gasteiger charge is -2.21. The average Bonchev–Trinajstić information content (AvgIpc) is 3.13. The summed E-state index contributed by atoms with van der Waals surface area (Å²) in [5, 5.41) is 4.58. The minimum Gasteiger partial charge on any atom is -0.381 e. The molecule has 0 bridgehead atoms. The van der Waals surface area contributed by atoms with Crippen LogP contribution < -0.4 is 5.32 Å². The number of hydrogen-bond acceptors (Lipinski definition) is 4. The van der Waals surface area contributed by atoms with Gasteiger partial charge in [-0.3, -0.25) is 4.99 Å². The van der Waals surface area contributed by atoms with Crippen LogP contribution in [0.1, 0.15) is 30.2 Å². The van der Waals surface area contributed by atoms with Crippen molar-refractivity contribution in [1.82, 2.24) is 15.2 Å². The van der Waals surface area contributed by atoms with Gasteiger partial charge in [-0.2, -0.15) is 0 Å². The molecule has 1 aliphatic rings. The van der Waals surface area contributed by atoms with Crippen molar-refractivity contribution in [2.24, 2.45) is 10.9 Å². The van der Waals surface area contributed by atoms with Gasteiger partial charge in [-0.1, -0.05) is 0 Å². The van der Waals surface area contributed by atoms with Crippen LogP contribution in [-0.2, 0) is 11.2 Å². The lowest BCUT2D eigenvalue weighted by molar-refractivity contribution is 0.114. The fourth-order valence-corrected chi connectivity index (χ4v) is 3.42. The Bertz CT molecular complexity index is 474. The van der Waals surface area contributed by atoms with E-state index in [0.717, 1.165) is 51.8 Å². The number of aliphatic imine (C=N–C) groups is 1. The van der Waals surface area contributed by atoms with E-state index < -0.39 is 0 Å². The molecule has 6 heteroatoms. The maximum absolute atomic E-state index is 5.55. The minimum atomic E-state index is 0.630. The highest BCUT2D eigenvalue weighted by Gasteiger charge is 2.24. The zero-order valence-corrected chi connectivity index (χ0v) is 14.8. The summed E-state index contributed by atoms with van der Waals surface area (Å²) in [6, 6.07) is 0. The Morgan fingerprint density at radius 2 is 2.41 bits per heavy atom. The SMILES string of the molecule is CCNC(=NCCc1ncc(C)s1)N1CCC(COCC)C1. The third kappa shape index (κ3) is 5.25. The van der Waals surface area contributed by atoms with Crippen molar-refractivity contribution in [2.75, 3.05) is 39.4 Å². The summed E-state index contributed by atoms with van der Waals surface area (Å²) < 4.78 is 5.55. The van der Waals surface area contributed by atoms with Gasteiger partial charge in [0.05, 0.1) is 11.6 Å². The molecular weight excluding hydrogens is 296 g/mol. The average molecular weight is 324 g/mol. The van der Waals surface area contributed by atoms with Gasteiger partial charge in [0.2, 0.25) is 0 Å². The molecular formula is C16H28N4OS. The van der Waals surface area contributed by atoms with Crippen molar-refractivity contribution < 1.29 is 4.74 Å². The first-order valence-corrected chi connectivity index (χ1v) is 9.06. The van der Waals surface area contributed by atoms with Crippen LogP contribution in [0.5, 0.6) is 0 Å². The lowest BCUT2D eigenvalue weighted by atomic mass is 10.1. The van der Waals surface area contributed by atoms with E-state index in [2.05, 4.69) is 36.0 Å². The Labute approximate surface area is 137 Å². The summed E-state index contributed by atoms with van der Waals surface area (Å²) in [7, 11) is 0. The highest BCUT2D eigenvalue weighted by Crippen LogP contribution is 2.17. The molecule has 1 N–H and O–H groups in total. The van der Waals surface area contributed by atoms with E-state index in [1.165, 1.54) is 16.3 Å². The zero-order chi connectivity index (χ0) is 15.8. The molecule has 2 heterocycles. The van der Waals surface area contributed by atoms with Gasteiger partial charge in [0.25, 0.3) is 0 Å². The number of ether oxygens (including phenoxy) is 1. The molecule has 0 amide bonds. The fourth-order valence-electron chi connectivity index (χ4n) is 2.65. The Hall–Kier alpha value is -1.14. The smallest absolute Gasteiger partial charge is 0.193 e. The van der Waals surface area contributed by atoms with Gasteiger partial charge in [0.1, 0.15) is 0 Å². The molecule has 1 unspecified atom stereocenters. The molecule has 1 saturated heterocycles. The number of thiazole rings is 1. The van der Waals surface area contributed by atoms with E-state index >= 15 is 0 Å². The monoisotopic (exact) mass is 324 g/mol. The van der Waals surface area contributed by atoms with Crippen LogP contribution in [0.4, 0.5) is 0 Å². The van der Waals surface area contributed by atoms with Gasteiger partial charge in [-0.15, -0.1) is 11.3 Å². The predicted octanol–water partition coefficient (Wildman–Crippen LogP) is 2.32. The topological polar surface area (TPSA) is 49.8 Å². The third-order valence-corrected chi connectivity index (χ3v) is 4.71. The number of aromatic nitrogens is 1. The quantitative estimate of drug-likeness (QED) is 0.618. The highest BCUT2D eigenvalue weighted by molar-refractivity contribution is 7.11. The summed E-state index contributed by atoms with van der Waals surface area (Å²) in [6.07, 6.45) is 4.05. The summed E-state index contributed by atoms with van der Waals surface area (Å²) in [6.45, 7) is 11.7. The molecule has 2 rings (SSSR count). The van der Waals surface area contributed by atoms with Crippen LogP contribution in [-0.4, -0.2) is 55.2 Å². The zero-order valence-electron chi connectivity index (χ0n) is 14.0. The lowest BCUT2D eigenvalue weighted by Crippen LogP contribution is -2.40. The first-order chi connectivity index (χ1) is 10.7. The Kier molecular flexibility index (Phi) is 7.12. The second-order valence-electron chi connectivity index (χ2n) is 5.61. The normalized spacial score (nSPS) is 19.0. The van der Waals surface area contributed by atoms with Gasteiger partial charge >= 0.3 is 0 Å². The maximum Gasteiger partial charge on any atom is 0.193 e. The van der Waals surface area contributed by atoms with Gasteiger partial charge in [0, 0.05) is 56.2 Å². The molecule has 1 fully saturated rings. The van der Waals surface area contributed by atoms with Crippen LogP contribution in [0.2, 0.25) is 0 Å². The number of guanidine groups is 1. The second-order valence-corrected chi connectivity index (χ2v) is 6.93. The van der Waals surface area contributed by atoms with E-state index in [-0.39, 0.29) is 0 Å². The first-order valence-electron chi connectivity index (χ1n) is 8.25. The van der Waals surface area contributed by atoms with Crippen molar-refractivity contribution >= 4 is 17.3 Å². The van der Waals surface area contributed by atoms with Gasteiger partial charge in [-0.05, 0) is 27.2 Å². The molecule has 0 aromatic carbocycles. The van der Waals surface area contributed by atoms with Crippen molar-refractivity contribution in [3.63, 3.8) is 0 Å². The van der Waals surface area contributed by atoms with Crippen molar-refractivity contribution in [2.45, 2.75) is 33.6 Å². The number of likely N-dealkylation sites (tertiary alicyclic amines) is 1. The molecule has 1 aromatic heterocycles. The van der Waals surface area contributed by atoms with Crippen LogP contribution in [0.3, 0.4) is 0 Å². The molecule has 124 valence electrons. The van der Waals surface area contributed by atoms with E-state index in [1.54, 1.807) is 11.3 Å². The van der Waals surface area contributed by atoms with Gasteiger partial charge < -0.3 is 15.0 Å². The number of nitrogens with zero attached hydrogens (tertiary/aromatic N) is 3. The minimum absolute atomic E-state index is 0.630. The highest BCUT2D eigenvalue weighted by atomic mass is 32.1. The summed E-state index contributed by atoms with van der Waals surface area (Å²) in [5.74, 6) is 1.67. The number of hydrogen-bond donors (Lipinski definition) is 1. The fraction of sp³-hybridized carbons (Fsp3) is 0.750. The largest absolute Gasteiger partial charge is 0.381 e. The maximum atomic E-state index is 5.55. The summed E-state index contributed by atoms with van der Waals surface area (Å²) >= 11 is 1.76.